The Hall–Kier alpha value is -0.240. The van der Waals surface area contributed by atoms with Crippen LogP contribution in [-0.4, -0.2) is 70.7 Å². The van der Waals surface area contributed by atoms with Crippen LogP contribution in [-0.2, 0) is 18.9 Å². The second-order valence-electron chi connectivity index (χ2n) is 3.68. The summed E-state index contributed by atoms with van der Waals surface area (Å²) in [7, 11) is 6.54. The lowest BCUT2D eigenvalue weighted by molar-refractivity contribution is -0.271. The third-order valence-electron chi connectivity index (χ3n) is 2.94. The largest absolute Gasteiger partial charge is 0.394 e. The lowest BCUT2D eigenvalue weighted by Crippen LogP contribution is -2.64. The number of hydrogen-bond acceptors (Lipinski definition) is 6. The van der Waals surface area contributed by atoms with E-state index in [1.54, 1.807) is 28.4 Å². The molecule has 0 saturated carbocycles. The van der Waals surface area contributed by atoms with Crippen molar-refractivity contribution in [3.05, 3.63) is 0 Å². The van der Waals surface area contributed by atoms with Gasteiger partial charge in [-0.25, -0.2) is 0 Å². The molecule has 0 amide bonds. The molecular weight excluding hydrogens is 214 g/mol. The first-order valence-electron chi connectivity index (χ1n) is 5.25. The van der Waals surface area contributed by atoms with Gasteiger partial charge < -0.3 is 29.4 Å². The van der Waals surface area contributed by atoms with Gasteiger partial charge in [-0.15, -0.1) is 0 Å². The molecule has 1 saturated heterocycles. The van der Waals surface area contributed by atoms with Crippen LogP contribution in [0.5, 0.6) is 0 Å². The molecule has 0 aromatic rings. The van der Waals surface area contributed by atoms with Crippen LogP contribution in [0.25, 0.3) is 0 Å². The summed E-state index contributed by atoms with van der Waals surface area (Å²) in [4.78, 5) is 0. The second-order valence-corrected chi connectivity index (χ2v) is 3.68. The summed E-state index contributed by atoms with van der Waals surface area (Å²) < 4.78 is 21.5. The fraction of sp³-hybridized carbons (Fsp3) is 1.00. The third kappa shape index (κ3) is 2.53. The second kappa shape index (κ2) is 6.48. The average molecular weight is 235 g/mol. The van der Waals surface area contributed by atoms with Crippen LogP contribution >= 0.6 is 0 Å². The fourth-order valence-corrected chi connectivity index (χ4v) is 2.12. The van der Waals surface area contributed by atoms with Gasteiger partial charge in [0.15, 0.2) is 6.29 Å². The molecule has 1 rings (SSSR count). The molecule has 1 fully saturated rings. The van der Waals surface area contributed by atoms with E-state index in [9.17, 15) is 5.11 Å². The highest BCUT2D eigenvalue weighted by Crippen LogP contribution is 2.25. The number of hydrogen-bond donors (Lipinski definition) is 2. The molecule has 0 aromatic carbocycles. The van der Waals surface area contributed by atoms with Gasteiger partial charge in [0.25, 0.3) is 0 Å². The van der Waals surface area contributed by atoms with Crippen LogP contribution in [0, 0.1) is 0 Å². The molecule has 0 radical (unpaired) electrons. The highest BCUT2D eigenvalue weighted by atomic mass is 16.7. The predicted molar refractivity (Wildman–Crippen MR) is 57.2 cm³/mol. The van der Waals surface area contributed by atoms with Crippen molar-refractivity contribution in [3.63, 3.8) is 0 Å². The quantitative estimate of drug-likeness (QED) is 0.635. The van der Waals surface area contributed by atoms with Gasteiger partial charge >= 0.3 is 0 Å². The van der Waals surface area contributed by atoms with Crippen LogP contribution in [0.2, 0.25) is 0 Å². The van der Waals surface area contributed by atoms with Crippen LogP contribution < -0.4 is 5.32 Å². The Morgan fingerprint density at radius 3 is 2.12 bits per heavy atom. The number of methoxy groups -OCH3 is 3. The number of aliphatic hydroxyl groups is 1. The summed E-state index contributed by atoms with van der Waals surface area (Å²) in [6.45, 7) is -0.130. The number of likely N-dealkylation sites (N-methyl/N-ethyl adjacent to an activating group) is 1. The predicted octanol–water partition coefficient (Wildman–Crippen LogP) is -1.03. The summed E-state index contributed by atoms with van der Waals surface area (Å²) in [6.07, 6.45) is -1.45. The molecule has 0 aromatic heterocycles. The first-order valence-corrected chi connectivity index (χ1v) is 5.25. The van der Waals surface area contributed by atoms with Gasteiger partial charge in [0, 0.05) is 21.3 Å². The van der Waals surface area contributed by atoms with Gasteiger partial charge in [-0.3, -0.25) is 0 Å². The van der Waals surface area contributed by atoms with E-state index >= 15 is 0 Å². The number of aliphatic hydroxyl groups excluding tert-OH is 1. The molecule has 1 aliphatic rings. The highest BCUT2D eigenvalue weighted by molar-refractivity contribution is 4.94. The fourth-order valence-electron chi connectivity index (χ4n) is 2.12. The molecular formula is C10H21NO5. The summed E-state index contributed by atoms with van der Waals surface area (Å²) >= 11 is 0. The summed E-state index contributed by atoms with van der Waals surface area (Å²) in [5.41, 5.74) is 0. The molecule has 0 aliphatic carbocycles. The van der Waals surface area contributed by atoms with E-state index < -0.39 is 12.4 Å². The SMILES string of the molecule is CNC1C(OC)[C@H](OC)C(CO)O[C@H]1OC. The van der Waals surface area contributed by atoms with Gasteiger partial charge in [0.1, 0.15) is 18.3 Å². The average Bonchev–Trinajstić information content (AvgIpc) is 2.35. The van der Waals surface area contributed by atoms with Gasteiger partial charge in [0.05, 0.1) is 12.6 Å². The van der Waals surface area contributed by atoms with Crippen molar-refractivity contribution in [2.75, 3.05) is 35.0 Å². The summed E-state index contributed by atoms with van der Waals surface area (Å²) in [6, 6.07) is -0.136. The Balaban J connectivity index is 2.85. The zero-order valence-electron chi connectivity index (χ0n) is 10.2. The first kappa shape index (κ1) is 13.8. The maximum atomic E-state index is 9.24. The van der Waals surface area contributed by atoms with E-state index in [0.717, 1.165) is 0 Å². The van der Waals surface area contributed by atoms with Gasteiger partial charge in [-0.1, -0.05) is 0 Å². The molecule has 1 heterocycles. The van der Waals surface area contributed by atoms with E-state index in [4.69, 9.17) is 18.9 Å². The molecule has 1 aliphatic heterocycles. The molecule has 3 unspecified atom stereocenters. The van der Waals surface area contributed by atoms with E-state index in [2.05, 4.69) is 5.32 Å². The normalized spacial score (nSPS) is 39.9. The molecule has 6 nitrogen and oxygen atoms in total. The van der Waals surface area contributed by atoms with Crippen LogP contribution in [0.15, 0.2) is 0 Å². The molecule has 6 heteroatoms. The Kier molecular flexibility index (Phi) is 5.60. The van der Waals surface area contributed by atoms with Crippen LogP contribution in [0.1, 0.15) is 0 Å². The van der Waals surface area contributed by atoms with Crippen LogP contribution in [0.4, 0.5) is 0 Å². The smallest absolute Gasteiger partial charge is 0.175 e. The van der Waals surface area contributed by atoms with E-state index in [0.29, 0.717) is 0 Å². The maximum Gasteiger partial charge on any atom is 0.175 e. The molecule has 16 heavy (non-hydrogen) atoms. The molecule has 0 spiro atoms. The molecule has 2 N–H and O–H groups in total. The minimum atomic E-state index is -0.460. The summed E-state index contributed by atoms with van der Waals surface area (Å²) in [5.74, 6) is 0. The van der Waals surface area contributed by atoms with Crippen molar-refractivity contribution in [2.45, 2.75) is 30.6 Å². The standard InChI is InChI=1S/C10H21NO5/c1-11-7-9(14-3)8(13-2)6(5-12)16-10(7)15-4/h6-12H,5H2,1-4H3/t6?,7?,8-,9?,10-/m1/s1. The van der Waals surface area contributed by atoms with Crippen LogP contribution in [0.3, 0.4) is 0 Å². The Labute approximate surface area is 95.8 Å². The Morgan fingerprint density at radius 2 is 1.75 bits per heavy atom. The maximum absolute atomic E-state index is 9.24. The van der Waals surface area contributed by atoms with Crippen molar-refractivity contribution >= 4 is 0 Å². The third-order valence-corrected chi connectivity index (χ3v) is 2.94. The minimum Gasteiger partial charge on any atom is -0.394 e. The first-order chi connectivity index (χ1) is 7.73. The lowest BCUT2D eigenvalue weighted by atomic mass is 9.96. The van der Waals surface area contributed by atoms with Gasteiger partial charge in [-0.2, -0.15) is 0 Å². The Bertz CT molecular complexity index is 186. The van der Waals surface area contributed by atoms with E-state index in [-0.39, 0.29) is 24.9 Å². The molecule has 0 bridgehead atoms. The summed E-state index contributed by atoms with van der Waals surface area (Å²) in [5, 5.41) is 12.3. The van der Waals surface area contributed by atoms with Crippen molar-refractivity contribution < 1.29 is 24.1 Å². The number of rotatable bonds is 5. The zero-order valence-corrected chi connectivity index (χ0v) is 10.2. The van der Waals surface area contributed by atoms with E-state index in [1.165, 1.54) is 0 Å². The zero-order chi connectivity index (χ0) is 12.1. The van der Waals surface area contributed by atoms with Crippen molar-refractivity contribution in [2.24, 2.45) is 0 Å². The van der Waals surface area contributed by atoms with Crippen molar-refractivity contribution in [1.29, 1.82) is 0 Å². The number of nitrogens with one attached hydrogen (secondary N) is 1. The molecule has 5 atom stereocenters. The van der Waals surface area contributed by atoms with Crippen molar-refractivity contribution in [3.8, 4) is 0 Å². The Morgan fingerprint density at radius 1 is 1.12 bits per heavy atom. The topological polar surface area (TPSA) is 69.2 Å². The van der Waals surface area contributed by atoms with Crippen molar-refractivity contribution in [1.82, 2.24) is 5.32 Å². The monoisotopic (exact) mass is 235 g/mol. The van der Waals surface area contributed by atoms with Gasteiger partial charge in [-0.05, 0) is 7.05 Å². The molecule has 96 valence electrons. The van der Waals surface area contributed by atoms with Gasteiger partial charge in [0.2, 0.25) is 0 Å². The minimum absolute atomic E-state index is 0.130. The number of ether oxygens (including phenoxy) is 4. The highest BCUT2D eigenvalue weighted by Gasteiger charge is 2.45. The lowest BCUT2D eigenvalue weighted by Gasteiger charge is -2.44. The van der Waals surface area contributed by atoms with E-state index in [1.807, 2.05) is 0 Å².